The van der Waals surface area contributed by atoms with Gasteiger partial charge in [0.2, 0.25) is 0 Å². The predicted octanol–water partition coefficient (Wildman–Crippen LogP) is 2.75. The normalized spacial score (nSPS) is 17.5. The predicted molar refractivity (Wildman–Crippen MR) is 91.6 cm³/mol. The van der Waals surface area contributed by atoms with Gasteiger partial charge in [-0.15, -0.1) is 11.3 Å². The number of rotatable bonds is 4. The van der Waals surface area contributed by atoms with Crippen LogP contribution in [0.1, 0.15) is 22.2 Å². The van der Waals surface area contributed by atoms with Gasteiger partial charge in [-0.05, 0) is 19.9 Å². The van der Waals surface area contributed by atoms with Crippen LogP contribution in [0.25, 0.3) is 0 Å². The van der Waals surface area contributed by atoms with Crippen molar-refractivity contribution in [3.8, 4) is 0 Å². The third kappa shape index (κ3) is 3.71. The number of aromatic nitrogens is 1. The molecule has 2 heterocycles. The first-order valence-corrected chi connectivity index (χ1v) is 8.70. The highest BCUT2D eigenvalue weighted by Crippen LogP contribution is 2.26. The van der Waals surface area contributed by atoms with Crippen LogP contribution in [0, 0.1) is 19.7 Å². The Hall–Kier alpha value is -1.50. The fraction of sp³-hybridized carbons (Fsp3) is 0.471. The van der Waals surface area contributed by atoms with Gasteiger partial charge in [-0.25, -0.2) is 9.37 Å². The Morgan fingerprint density at radius 3 is 2.52 bits per heavy atom. The van der Waals surface area contributed by atoms with Gasteiger partial charge < -0.3 is 10.0 Å². The zero-order chi connectivity index (χ0) is 16.4. The van der Waals surface area contributed by atoms with E-state index >= 15 is 0 Å². The Balaban J connectivity index is 1.56. The number of halogens is 1. The number of benzene rings is 1. The van der Waals surface area contributed by atoms with Crippen molar-refractivity contribution in [2.75, 3.05) is 37.6 Å². The van der Waals surface area contributed by atoms with Crippen LogP contribution in [0.4, 0.5) is 9.52 Å². The van der Waals surface area contributed by atoms with Gasteiger partial charge in [-0.1, -0.05) is 18.2 Å². The zero-order valence-corrected chi connectivity index (χ0v) is 14.3. The van der Waals surface area contributed by atoms with Crippen LogP contribution in [0.5, 0.6) is 0 Å². The Morgan fingerprint density at radius 2 is 1.91 bits per heavy atom. The molecule has 0 radical (unpaired) electrons. The SMILES string of the molecule is Cc1nc(N2CCN(CC(O)c3ccccc3F)CC2)sc1C. The number of hydrogen-bond acceptors (Lipinski definition) is 5. The highest BCUT2D eigenvalue weighted by atomic mass is 32.1. The van der Waals surface area contributed by atoms with Gasteiger partial charge in [0, 0.05) is 43.2 Å². The minimum absolute atomic E-state index is 0.340. The molecule has 0 saturated carbocycles. The fourth-order valence-electron chi connectivity index (χ4n) is 2.80. The second-order valence-electron chi connectivity index (χ2n) is 5.96. The Bertz CT molecular complexity index is 648. The number of aliphatic hydroxyl groups is 1. The molecule has 1 N–H and O–H groups in total. The van der Waals surface area contributed by atoms with Crippen molar-refractivity contribution in [3.63, 3.8) is 0 Å². The quantitative estimate of drug-likeness (QED) is 0.933. The molecule has 1 aromatic heterocycles. The zero-order valence-electron chi connectivity index (χ0n) is 13.5. The number of hydrogen-bond donors (Lipinski definition) is 1. The third-order valence-corrected chi connectivity index (χ3v) is 5.49. The molecule has 23 heavy (non-hydrogen) atoms. The van der Waals surface area contributed by atoms with E-state index in [4.69, 9.17) is 0 Å². The van der Waals surface area contributed by atoms with Crippen LogP contribution < -0.4 is 4.90 Å². The van der Waals surface area contributed by atoms with Gasteiger partial charge in [-0.3, -0.25) is 4.90 Å². The number of anilines is 1. The molecule has 1 aromatic carbocycles. The van der Waals surface area contributed by atoms with E-state index in [2.05, 4.69) is 21.7 Å². The lowest BCUT2D eigenvalue weighted by Gasteiger charge is -2.35. The van der Waals surface area contributed by atoms with E-state index in [-0.39, 0.29) is 5.82 Å². The van der Waals surface area contributed by atoms with Crippen molar-refractivity contribution in [2.45, 2.75) is 20.0 Å². The summed E-state index contributed by atoms with van der Waals surface area (Å²) >= 11 is 1.73. The molecule has 1 unspecified atom stereocenters. The summed E-state index contributed by atoms with van der Waals surface area (Å²) in [6.07, 6.45) is -0.785. The maximum Gasteiger partial charge on any atom is 0.185 e. The molecule has 1 fully saturated rings. The molecule has 1 saturated heterocycles. The average Bonchev–Trinajstić information content (AvgIpc) is 2.88. The van der Waals surface area contributed by atoms with Gasteiger partial charge in [-0.2, -0.15) is 0 Å². The minimum atomic E-state index is -0.785. The maximum absolute atomic E-state index is 13.7. The average molecular weight is 335 g/mol. The monoisotopic (exact) mass is 335 g/mol. The maximum atomic E-state index is 13.7. The molecular formula is C17H22FN3OS. The summed E-state index contributed by atoms with van der Waals surface area (Å²) in [5.74, 6) is -0.340. The third-order valence-electron chi connectivity index (χ3n) is 4.36. The first-order valence-electron chi connectivity index (χ1n) is 7.88. The van der Waals surface area contributed by atoms with Crippen molar-refractivity contribution in [2.24, 2.45) is 0 Å². The van der Waals surface area contributed by atoms with Crippen LogP contribution in [-0.2, 0) is 0 Å². The second kappa shape index (κ2) is 6.95. The van der Waals surface area contributed by atoms with E-state index in [9.17, 15) is 9.50 Å². The molecule has 0 spiro atoms. The molecule has 124 valence electrons. The van der Waals surface area contributed by atoms with Crippen LogP contribution in [-0.4, -0.2) is 47.7 Å². The molecule has 2 aromatic rings. The van der Waals surface area contributed by atoms with E-state index in [1.807, 2.05) is 6.92 Å². The first kappa shape index (κ1) is 16.4. The lowest BCUT2D eigenvalue weighted by molar-refractivity contribution is 0.106. The van der Waals surface area contributed by atoms with Crippen LogP contribution in [0.2, 0.25) is 0 Å². The summed E-state index contributed by atoms with van der Waals surface area (Å²) in [6, 6.07) is 6.44. The molecule has 0 amide bonds. The standard InChI is InChI=1S/C17H22FN3OS/c1-12-13(2)23-17(19-12)21-9-7-20(8-10-21)11-16(22)14-5-3-4-6-15(14)18/h3-6,16,22H,7-11H2,1-2H3. The van der Waals surface area contributed by atoms with Gasteiger partial charge in [0.25, 0.3) is 0 Å². The number of piperazine rings is 1. The largest absolute Gasteiger partial charge is 0.387 e. The van der Waals surface area contributed by atoms with Crippen molar-refractivity contribution >= 4 is 16.5 Å². The van der Waals surface area contributed by atoms with Crippen LogP contribution in [0.3, 0.4) is 0 Å². The summed E-state index contributed by atoms with van der Waals surface area (Å²) in [5.41, 5.74) is 1.48. The molecule has 0 bridgehead atoms. The summed E-state index contributed by atoms with van der Waals surface area (Å²) in [4.78, 5) is 10.3. The van der Waals surface area contributed by atoms with E-state index in [0.29, 0.717) is 12.1 Å². The Kier molecular flexibility index (Phi) is 4.94. The van der Waals surface area contributed by atoms with Crippen molar-refractivity contribution in [3.05, 3.63) is 46.2 Å². The second-order valence-corrected chi connectivity index (χ2v) is 7.14. The minimum Gasteiger partial charge on any atom is -0.387 e. The summed E-state index contributed by atoms with van der Waals surface area (Å²) in [6.45, 7) is 8.07. The van der Waals surface area contributed by atoms with Crippen LogP contribution >= 0.6 is 11.3 Å². The molecule has 1 atom stereocenters. The van der Waals surface area contributed by atoms with Gasteiger partial charge >= 0.3 is 0 Å². The molecule has 6 heteroatoms. The van der Waals surface area contributed by atoms with Crippen LogP contribution in [0.15, 0.2) is 24.3 Å². The highest BCUT2D eigenvalue weighted by molar-refractivity contribution is 7.15. The Labute approximate surface area is 140 Å². The van der Waals surface area contributed by atoms with E-state index < -0.39 is 6.10 Å². The fourth-order valence-corrected chi connectivity index (χ4v) is 3.76. The summed E-state index contributed by atoms with van der Waals surface area (Å²) in [5, 5.41) is 11.3. The molecule has 1 aliphatic rings. The first-order chi connectivity index (χ1) is 11.0. The number of thiazole rings is 1. The molecule has 4 nitrogen and oxygen atoms in total. The molecule has 0 aliphatic carbocycles. The van der Waals surface area contributed by atoms with Crippen molar-refractivity contribution in [1.29, 1.82) is 0 Å². The summed E-state index contributed by atoms with van der Waals surface area (Å²) < 4.78 is 13.7. The number of β-amino-alcohol motifs (C(OH)–C–C–N with tert-alkyl or cyclic N) is 1. The summed E-state index contributed by atoms with van der Waals surface area (Å²) in [7, 11) is 0. The highest BCUT2D eigenvalue weighted by Gasteiger charge is 2.23. The number of nitrogens with zero attached hydrogens (tertiary/aromatic N) is 3. The van der Waals surface area contributed by atoms with Gasteiger partial charge in [0.15, 0.2) is 5.13 Å². The van der Waals surface area contributed by atoms with E-state index in [1.54, 1.807) is 29.5 Å². The lowest BCUT2D eigenvalue weighted by Crippen LogP contribution is -2.47. The molecular weight excluding hydrogens is 313 g/mol. The van der Waals surface area contributed by atoms with Gasteiger partial charge in [0.05, 0.1) is 11.8 Å². The number of aliphatic hydroxyl groups excluding tert-OH is 1. The number of aryl methyl sites for hydroxylation is 2. The van der Waals surface area contributed by atoms with E-state index in [0.717, 1.165) is 37.0 Å². The Morgan fingerprint density at radius 1 is 1.22 bits per heavy atom. The topological polar surface area (TPSA) is 39.6 Å². The van der Waals surface area contributed by atoms with Crippen molar-refractivity contribution < 1.29 is 9.50 Å². The van der Waals surface area contributed by atoms with Crippen molar-refractivity contribution in [1.82, 2.24) is 9.88 Å². The smallest absolute Gasteiger partial charge is 0.185 e. The lowest BCUT2D eigenvalue weighted by atomic mass is 10.1. The van der Waals surface area contributed by atoms with E-state index in [1.165, 1.54) is 10.9 Å². The van der Waals surface area contributed by atoms with Gasteiger partial charge in [0.1, 0.15) is 5.82 Å². The molecule has 1 aliphatic heterocycles. The molecule has 3 rings (SSSR count).